The normalized spacial score (nSPS) is 21.9. The van der Waals surface area contributed by atoms with Gasteiger partial charge < -0.3 is 14.7 Å². The van der Waals surface area contributed by atoms with E-state index in [9.17, 15) is 14.4 Å². The van der Waals surface area contributed by atoms with E-state index in [0.29, 0.717) is 12.1 Å². The van der Waals surface area contributed by atoms with Crippen molar-refractivity contribution >= 4 is 34.6 Å². The molecule has 1 aliphatic carbocycles. The van der Waals surface area contributed by atoms with Crippen molar-refractivity contribution in [3.05, 3.63) is 29.0 Å². The highest BCUT2D eigenvalue weighted by Crippen LogP contribution is 2.45. The van der Waals surface area contributed by atoms with Crippen molar-refractivity contribution < 1.29 is 14.4 Å². The molecule has 0 fully saturated rings. The van der Waals surface area contributed by atoms with Crippen molar-refractivity contribution in [2.24, 2.45) is 5.92 Å². The van der Waals surface area contributed by atoms with Gasteiger partial charge in [0.25, 0.3) is 0 Å². The Morgan fingerprint density at radius 2 is 2.00 bits per heavy atom. The molecule has 0 saturated carbocycles. The fourth-order valence-corrected chi connectivity index (χ4v) is 4.44. The molecule has 1 aliphatic heterocycles. The zero-order chi connectivity index (χ0) is 18.8. The van der Waals surface area contributed by atoms with E-state index in [1.807, 2.05) is 38.7 Å². The van der Waals surface area contributed by atoms with Crippen molar-refractivity contribution in [1.82, 2.24) is 4.98 Å². The third-order valence-electron chi connectivity index (χ3n) is 5.91. The number of carbonyl (C=O) groups is 3. The van der Waals surface area contributed by atoms with Crippen LogP contribution in [-0.2, 0) is 21.4 Å². The predicted octanol–water partition coefficient (Wildman–Crippen LogP) is 3.53. The molecule has 0 spiro atoms. The Balaban J connectivity index is 1.97. The van der Waals surface area contributed by atoms with Crippen LogP contribution in [0.25, 0.3) is 10.9 Å². The van der Waals surface area contributed by atoms with Crippen LogP contribution in [0.2, 0.25) is 0 Å². The highest BCUT2D eigenvalue weighted by Gasteiger charge is 2.45. The van der Waals surface area contributed by atoms with Crippen molar-refractivity contribution in [3.63, 3.8) is 0 Å². The first-order valence-corrected chi connectivity index (χ1v) is 9.29. The Bertz CT molecular complexity index is 952. The van der Waals surface area contributed by atoms with Crippen LogP contribution in [0.4, 0.5) is 5.69 Å². The Morgan fingerprint density at radius 1 is 1.27 bits per heavy atom. The Kier molecular flexibility index (Phi) is 3.62. The van der Waals surface area contributed by atoms with Gasteiger partial charge in [0.15, 0.2) is 5.78 Å². The molecule has 1 aromatic heterocycles. The predicted molar refractivity (Wildman–Crippen MR) is 101 cm³/mol. The van der Waals surface area contributed by atoms with Gasteiger partial charge in [0.1, 0.15) is 6.29 Å². The zero-order valence-electron chi connectivity index (χ0n) is 15.7. The average Bonchev–Trinajstić information content (AvgIpc) is 2.96. The second-order valence-electron chi connectivity index (χ2n) is 8.29. The third-order valence-corrected chi connectivity index (χ3v) is 5.91. The quantitative estimate of drug-likeness (QED) is 0.511. The molecule has 1 atom stereocenters. The Hall–Kier alpha value is -2.43. The minimum Gasteiger partial charge on any atom is -0.352 e. The number of anilines is 1. The number of nitrogens with one attached hydrogen (secondary N) is 1. The number of carbonyl (C=O) groups excluding carboxylic acids is 3. The number of aromatic amines is 1. The summed E-state index contributed by atoms with van der Waals surface area (Å²) in [5, 5.41) is 0.995. The molecule has 0 bridgehead atoms. The van der Waals surface area contributed by atoms with Gasteiger partial charge in [-0.2, -0.15) is 0 Å². The number of hydrogen-bond acceptors (Lipinski definition) is 3. The minimum absolute atomic E-state index is 0.0686. The number of nitrogens with zero attached hydrogens (tertiary/aromatic N) is 1. The maximum Gasteiger partial charge on any atom is 0.237 e. The minimum atomic E-state index is -0.592. The summed E-state index contributed by atoms with van der Waals surface area (Å²) in [5.74, 6) is -0.556. The molecule has 0 saturated heterocycles. The van der Waals surface area contributed by atoms with Crippen LogP contribution in [0.3, 0.4) is 0 Å². The summed E-state index contributed by atoms with van der Waals surface area (Å²) in [6.07, 6.45) is 2.94. The fourth-order valence-electron chi connectivity index (χ4n) is 4.44. The molecule has 26 heavy (non-hydrogen) atoms. The number of aldehydes is 1. The highest BCUT2D eigenvalue weighted by molar-refractivity contribution is 6.13. The lowest BCUT2D eigenvalue weighted by atomic mass is 9.85. The number of hydrogen-bond donors (Lipinski definition) is 1. The Morgan fingerprint density at radius 3 is 2.65 bits per heavy atom. The number of fused-ring (bicyclic) bond motifs is 4. The summed E-state index contributed by atoms with van der Waals surface area (Å²) in [6, 6.07) is 4.14. The van der Waals surface area contributed by atoms with Gasteiger partial charge >= 0.3 is 0 Å². The second-order valence-corrected chi connectivity index (χ2v) is 8.29. The maximum absolute atomic E-state index is 12.9. The van der Waals surface area contributed by atoms with Gasteiger partial charge in [-0.3, -0.25) is 9.59 Å². The van der Waals surface area contributed by atoms with Crippen LogP contribution < -0.4 is 4.90 Å². The molecule has 1 amide bonds. The van der Waals surface area contributed by atoms with Crippen molar-refractivity contribution in [3.8, 4) is 0 Å². The standard InChI is InChI=1S/C21H24N2O3/c1-11(2)23-17-8-14-13-7-5-6-12(10-24)19(25)18(13)22-16(14)9-15(17)21(3,4)20(23)26/h8-12,22H,5-7H2,1-4H3. The summed E-state index contributed by atoms with van der Waals surface area (Å²) in [6.45, 7) is 7.93. The molecule has 2 heterocycles. The third kappa shape index (κ3) is 2.12. The van der Waals surface area contributed by atoms with Crippen molar-refractivity contribution in [2.45, 2.75) is 58.4 Å². The molecule has 4 rings (SSSR count). The molecule has 1 unspecified atom stereocenters. The van der Waals surface area contributed by atoms with E-state index in [2.05, 4.69) is 11.1 Å². The summed E-state index contributed by atoms with van der Waals surface area (Å²) >= 11 is 0. The van der Waals surface area contributed by atoms with Gasteiger partial charge in [0, 0.05) is 22.6 Å². The number of benzene rings is 1. The van der Waals surface area contributed by atoms with Crippen LogP contribution in [0, 0.1) is 5.92 Å². The van der Waals surface area contributed by atoms with Gasteiger partial charge in [-0.1, -0.05) is 0 Å². The molecule has 5 nitrogen and oxygen atoms in total. The van der Waals surface area contributed by atoms with Crippen LogP contribution in [0.15, 0.2) is 12.1 Å². The van der Waals surface area contributed by atoms with Gasteiger partial charge in [-0.25, -0.2) is 0 Å². The van der Waals surface area contributed by atoms with Gasteiger partial charge in [0.2, 0.25) is 5.91 Å². The van der Waals surface area contributed by atoms with E-state index in [1.54, 1.807) is 0 Å². The summed E-state index contributed by atoms with van der Waals surface area (Å²) in [7, 11) is 0. The molecular formula is C21H24N2O3. The van der Waals surface area contributed by atoms with Crippen LogP contribution >= 0.6 is 0 Å². The first kappa shape index (κ1) is 17.0. The molecule has 1 N–H and O–H groups in total. The molecule has 136 valence electrons. The monoisotopic (exact) mass is 352 g/mol. The molecule has 2 aromatic rings. The lowest BCUT2D eigenvalue weighted by molar-refractivity contribution is -0.122. The number of ketones is 1. The lowest BCUT2D eigenvalue weighted by Gasteiger charge is -2.24. The summed E-state index contributed by atoms with van der Waals surface area (Å²) in [4.78, 5) is 42.0. The molecule has 5 heteroatoms. The van der Waals surface area contributed by atoms with Gasteiger partial charge in [-0.05, 0) is 70.2 Å². The smallest absolute Gasteiger partial charge is 0.237 e. The summed E-state index contributed by atoms with van der Waals surface area (Å²) in [5.41, 5.74) is 3.76. The van der Waals surface area contributed by atoms with Crippen LogP contribution in [-0.4, -0.2) is 29.0 Å². The molecule has 1 aromatic carbocycles. The maximum atomic E-state index is 12.9. The first-order chi connectivity index (χ1) is 12.3. The van der Waals surface area contributed by atoms with E-state index < -0.39 is 11.3 Å². The average molecular weight is 352 g/mol. The van der Waals surface area contributed by atoms with Crippen LogP contribution in [0.1, 0.15) is 62.2 Å². The number of aryl methyl sites for hydroxylation is 1. The molecule has 0 radical (unpaired) electrons. The van der Waals surface area contributed by atoms with E-state index in [0.717, 1.165) is 46.8 Å². The summed E-state index contributed by atoms with van der Waals surface area (Å²) < 4.78 is 0. The second kappa shape index (κ2) is 5.53. The van der Waals surface area contributed by atoms with E-state index in [-0.39, 0.29) is 17.7 Å². The van der Waals surface area contributed by atoms with Gasteiger partial charge in [-0.15, -0.1) is 0 Å². The zero-order valence-corrected chi connectivity index (χ0v) is 15.7. The van der Waals surface area contributed by atoms with Crippen molar-refractivity contribution in [2.75, 3.05) is 4.90 Å². The number of aromatic nitrogens is 1. The van der Waals surface area contributed by atoms with E-state index in [4.69, 9.17) is 0 Å². The van der Waals surface area contributed by atoms with Crippen LogP contribution in [0.5, 0.6) is 0 Å². The molecular weight excluding hydrogens is 328 g/mol. The van der Waals surface area contributed by atoms with Crippen molar-refractivity contribution in [1.29, 1.82) is 0 Å². The SMILES string of the molecule is CC(C)N1C(=O)C(C)(C)c2cc3[nH]c4c(c3cc21)CCCC(C=O)C4=O. The topological polar surface area (TPSA) is 70.2 Å². The number of rotatable bonds is 2. The fraction of sp³-hybridized carbons (Fsp3) is 0.476. The lowest BCUT2D eigenvalue weighted by Crippen LogP contribution is -2.40. The number of amides is 1. The van der Waals surface area contributed by atoms with Gasteiger partial charge in [0.05, 0.1) is 17.0 Å². The largest absolute Gasteiger partial charge is 0.352 e. The number of Topliss-reactive ketones (excluding diaryl/α,β-unsaturated/α-hetero) is 1. The molecule has 2 aliphatic rings. The van der Waals surface area contributed by atoms with E-state index in [1.165, 1.54) is 0 Å². The first-order valence-electron chi connectivity index (χ1n) is 9.29. The Labute approximate surface area is 152 Å². The highest BCUT2D eigenvalue weighted by atomic mass is 16.2. The number of H-pyrrole nitrogens is 1. The van der Waals surface area contributed by atoms with E-state index >= 15 is 0 Å².